The molecule has 7 heteroatoms. The predicted octanol–water partition coefficient (Wildman–Crippen LogP) is 2.86. The number of rotatable bonds is 6. The fourth-order valence-corrected chi connectivity index (χ4v) is 2.46. The monoisotopic (exact) mass is 343 g/mol. The van der Waals surface area contributed by atoms with Crippen molar-refractivity contribution in [2.24, 2.45) is 0 Å². The Balaban J connectivity index is 1.66. The van der Waals surface area contributed by atoms with Crippen LogP contribution in [0.5, 0.6) is 11.5 Å². The number of benzene rings is 2. The molecular weight excluding hydrogens is 326 g/mol. The van der Waals surface area contributed by atoms with E-state index < -0.39 is 18.1 Å². The maximum Gasteiger partial charge on any atom is 0.407 e. The molecule has 0 fully saturated rings. The lowest BCUT2D eigenvalue weighted by molar-refractivity contribution is -0.137. The number of hydrogen-bond donors (Lipinski definition) is 2. The molecule has 0 radical (unpaired) electrons. The third kappa shape index (κ3) is 4.41. The lowest BCUT2D eigenvalue weighted by Crippen LogP contribution is -2.30. The van der Waals surface area contributed by atoms with E-state index in [0.29, 0.717) is 17.1 Å². The molecule has 1 aliphatic rings. The molecule has 0 saturated heterocycles. The van der Waals surface area contributed by atoms with E-state index >= 15 is 0 Å². The maximum atomic E-state index is 12.0. The highest BCUT2D eigenvalue weighted by Gasteiger charge is 2.22. The third-order valence-corrected chi connectivity index (χ3v) is 3.68. The average Bonchev–Trinajstić information content (AvgIpc) is 3.07. The molecule has 1 amide bonds. The van der Waals surface area contributed by atoms with Gasteiger partial charge in [0.1, 0.15) is 6.61 Å². The van der Waals surface area contributed by atoms with Crippen LogP contribution in [0, 0.1) is 0 Å². The first-order valence-corrected chi connectivity index (χ1v) is 7.70. The van der Waals surface area contributed by atoms with Crippen LogP contribution in [0.3, 0.4) is 0 Å². The Labute approximate surface area is 144 Å². The normalized spacial score (nSPS) is 13.1. The molecular formula is C18H17NO6. The van der Waals surface area contributed by atoms with Crippen molar-refractivity contribution >= 4 is 12.1 Å². The molecule has 7 nitrogen and oxygen atoms in total. The first kappa shape index (κ1) is 16.6. The number of fused-ring (bicyclic) bond motifs is 1. The summed E-state index contributed by atoms with van der Waals surface area (Å²) in [6.45, 7) is 0.225. The van der Waals surface area contributed by atoms with Crippen LogP contribution < -0.4 is 14.8 Å². The summed E-state index contributed by atoms with van der Waals surface area (Å²) < 4.78 is 15.7. The van der Waals surface area contributed by atoms with Gasteiger partial charge < -0.3 is 24.6 Å². The molecule has 0 aromatic heterocycles. The van der Waals surface area contributed by atoms with E-state index in [1.165, 1.54) is 0 Å². The Kier molecular flexibility index (Phi) is 5.03. The number of nitrogens with one attached hydrogen (secondary N) is 1. The van der Waals surface area contributed by atoms with Crippen molar-refractivity contribution < 1.29 is 28.9 Å². The summed E-state index contributed by atoms with van der Waals surface area (Å²) >= 11 is 0. The van der Waals surface area contributed by atoms with Crippen LogP contribution in [0.1, 0.15) is 23.6 Å². The molecule has 0 aliphatic carbocycles. The largest absolute Gasteiger partial charge is 0.481 e. The summed E-state index contributed by atoms with van der Waals surface area (Å²) in [4.78, 5) is 23.2. The molecule has 0 bridgehead atoms. The highest BCUT2D eigenvalue weighted by Crippen LogP contribution is 2.34. The van der Waals surface area contributed by atoms with Crippen molar-refractivity contribution in [3.63, 3.8) is 0 Å². The molecule has 2 aromatic rings. The van der Waals surface area contributed by atoms with E-state index in [-0.39, 0.29) is 19.8 Å². The zero-order chi connectivity index (χ0) is 17.6. The van der Waals surface area contributed by atoms with Crippen molar-refractivity contribution in [3.05, 3.63) is 59.7 Å². The second-order valence-electron chi connectivity index (χ2n) is 5.47. The molecule has 0 saturated carbocycles. The maximum absolute atomic E-state index is 12.0. The van der Waals surface area contributed by atoms with E-state index in [1.54, 1.807) is 18.2 Å². The quantitative estimate of drug-likeness (QED) is 0.837. The van der Waals surface area contributed by atoms with E-state index in [1.807, 2.05) is 30.3 Å². The molecule has 0 unspecified atom stereocenters. The molecule has 25 heavy (non-hydrogen) atoms. The van der Waals surface area contributed by atoms with E-state index in [2.05, 4.69) is 5.32 Å². The summed E-state index contributed by atoms with van der Waals surface area (Å²) in [5, 5.41) is 11.7. The Morgan fingerprint density at radius 2 is 1.88 bits per heavy atom. The fraction of sp³-hybridized carbons (Fsp3) is 0.222. The van der Waals surface area contributed by atoms with Gasteiger partial charge in [0, 0.05) is 0 Å². The standard InChI is InChI=1S/C18H17NO6/c20-17(21)9-14(13-6-7-15-16(8-13)25-11-24-15)19-18(22)23-10-12-4-2-1-3-5-12/h1-8,14H,9-11H2,(H,19,22)(H,20,21)/t14-/m1/s1. The Hall–Kier alpha value is -3.22. The molecule has 2 N–H and O–H groups in total. The average molecular weight is 343 g/mol. The van der Waals surface area contributed by atoms with Gasteiger partial charge in [-0.15, -0.1) is 0 Å². The van der Waals surface area contributed by atoms with Crippen LogP contribution in [-0.4, -0.2) is 24.0 Å². The number of aliphatic carboxylic acids is 1. The van der Waals surface area contributed by atoms with E-state index in [9.17, 15) is 9.59 Å². The molecule has 1 aliphatic heterocycles. The molecule has 130 valence electrons. The minimum Gasteiger partial charge on any atom is -0.481 e. The molecule has 1 atom stereocenters. The summed E-state index contributed by atoms with van der Waals surface area (Å²) in [6.07, 6.45) is -0.965. The summed E-state index contributed by atoms with van der Waals surface area (Å²) in [6, 6.07) is 13.5. The second kappa shape index (κ2) is 7.57. The number of carbonyl (C=O) groups excluding carboxylic acids is 1. The smallest absolute Gasteiger partial charge is 0.407 e. The van der Waals surface area contributed by atoms with Crippen molar-refractivity contribution in [3.8, 4) is 11.5 Å². The third-order valence-electron chi connectivity index (χ3n) is 3.68. The number of amides is 1. The van der Waals surface area contributed by atoms with Gasteiger partial charge in [0.2, 0.25) is 6.79 Å². The fourth-order valence-electron chi connectivity index (χ4n) is 2.46. The highest BCUT2D eigenvalue weighted by atomic mass is 16.7. The summed E-state index contributed by atoms with van der Waals surface area (Å²) in [5.41, 5.74) is 1.44. The lowest BCUT2D eigenvalue weighted by Gasteiger charge is -2.17. The minimum absolute atomic E-state index is 0.105. The van der Waals surface area contributed by atoms with Crippen molar-refractivity contribution in [1.82, 2.24) is 5.32 Å². The topological polar surface area (TPSA) is 94.1 Å². The van der Waals surface area contributed by atoms with Crippen LogP contribution in [-0.2, 0) is 16.1 Å². The Morgan fingerprint density at radius 3 is 2.64 bits per heavy atom. The minimum atomic E-state index is -1.04. The van der Waals surface area contributed by atoms with Gasteiger partial charge in [-0.25, -0.2) is 4.79 Å². The Morgan fingerprint density at radius 1 is 1.12 bits per heavy atom. The van der Waals surface area contributed by atoms with Crippen molar-refractivity contribution in [1.29, 1.82) is 0 Å². The van der Waals surface area contributed by atoms with Crippen molar-refractivity contribution in [2.45, 2.75) is 19.1 Å². The number of ether oxygens (including phenoxy) is 3. The van der Waals surface area contributed by atoms with Gasteiger partial charge in [-0.3, -0.25) is 4.79 Å². The van der Waals surface area contributed by atoms with Gasteiger partial charge in [0.05, 0.1) is 12.5 Å². The number of carboxylic acid groups (broad SMARTS) is 1. The first-order chi connectivity index (χ1) is 12.1. The van der Waals surface area contributed by atoms with Gasteiger partial charge in [-0.05, 0) is 23.3 Å². The number of hydrogen-bond acceptors (Lipinski definition) is 5. The van der Waals surface area contributed by atoms with Gasteiger partial charge >= 0.3 is 12.1 Å². The molecule has 2 aromatic carbocycles. The van der Waals surface area contributed by atoms with Crippen LogP contribution in [0.25, 0.3) is 0 Å². The zero-order valence-electron chi connectivity index (χ0n) is 13.3. The van der Waals surface area contributed by atoms with E-state index in [0.717, 1.165) is 5.56 Å². The number of carbonyl (C=O) groups is 2. The zero-order valence-corrected chi connectivity index (χ0v) is 13.3. The SMILES string of the molecule is O=C(O)C[C@@H](NC(=O)OCc1ccccc1)c1ccc2c(c1)OCO2. The van der Waals surface area contributed by atoms with Crippen LogP contribution in [0.15, 0.2) is 48.5 Å². The van der Waals surface area contributed by atoms with Crippen LogP contribution in [0.2, 0.25) is 0 Å². The van der Waals surface area contributed by atoms with Crippen LogP contribution in [0.4, 0.5) is 4.79 Å². The van der Waals surface area contributed by atoms with Gasteiger partial charge in [0.15, 0.2) is 11.5 Å². The van der Waals surface area contributed by atoms with Gasteiger partial charge in [0.25, 0.3) is 0 Å². The Bertz CT molecular complexity index is 761. The van der Waals surface area contributed by atoms with E-state index in [4.69, 9.17) is 19.3 Å². The van der Waals surface area contributed by atoms with Gasteiger partial charge in [-0.2, -0.15) is 0 Å². The summed E-state index contributed by atoms with van der Waals surface area (Å²) in [5.74, 6) is 0.0721. The highest BCUT2D eigenvalue weighted by molar-refractivity contribution is 5.72. The lowest BCUT2D eigenvalue weighted by atomic mass is 10.0. The predicted molar refractivity (Wildman–Crippen MR) is 87.3 cm³/mol. The molecule has 3 rings (SSSR count). The first-order valence-electron chi connectivity index (χ1n) is 7.70. The second-order valence-corrected chi connectivity index (χ2v) is 5.47. The van der Waals surface area contributed by atoms with Crippen LogP contribution >= 0.6 is 0 Å². The van der Waals surface area contributed by atoms with Crippen molar-refractivity contribution in [2.75, 3.05) is 6.79 Å². The number of alkyl carbamates (subject to hydrolysis) is 1. The number of carboxylic acids is 1. The summed E-state index contributed by atoms with van der Waals surface area (Å²) in [7, 11) is 0. The van der Waals surface area contributed by atoms with Gasteiger partial charge in [-0.1, -0.05) is 36.4 Å². The molecule has 0 spiro atoms. The molecule has 1 heterocycles.